The molecule has 1 amide bonds. The Bertz CT molecular complexity index is 1080. The maximum Gasteiger partial charge on any atom is 0.249 e. The number of Topliss-reactive ketones (excluding diaryl/α,β-unsaturated/α-hetero) is 1. The molecule has 1 aliphatic heterocycles. The molecule has 0 radical (unpaired) electrons. The molecule has 0 aliphatic carbocycles. The molecule has 3 aromatic rings. The highest BCUT2D eigenvalue weighted by atomic mass is 16.5. The van der Waals surface area contributed by atoms with Gasteiger partial charge in [0.05, 0.1) is 18.1 Å². The van der Waals surface area contributed by atoms with Gasteiger partial charge < -0.3 is 20.3 Å². The van der Waals surface area contributed by atoms with Crippen molar-refractivity contribution in [3.05, 3.63) is 89.2 Å². The predicted octanol–water partition coefficient (Wildman–Crippen LogP) is 2.53. The Kier molecular flexibility index (Phi) is 5.45. The average Bonchev–Trinajstić information content (AvgIpc) is 2.78. The van der Waals surface area contributed by atoms with Crippen molar-refractivity contribution in [1.82, 2.24) is 4.98 Å². The second-order valence-corrected chi connectivity index (χ2v) is 6.94. The third kappa shape index (κ3) is 3.75. The number of ether oxygens (including phenoxy) is 2. The lowest BCUT2D eigenvalue weighted by molar-refractivity contribution is 0.0736. The first-order valence-electron chi connectivity index (χ1n) is 9.45. The Labute approximate surface area is 173 Å². The summed E-state index contributed by atoms with van der Waals surface area (Å²) in [7, 11) is 0. The number of aromatic nitrogens is 1. The molecule has 0 spiro atoms. The lowest BCUT2D eigenvalue weighted by Gasteiger charge is -2.25. The molecule has 7 nitrogen and oxygen atoms in total. The highest BCUT2D eigenvalue weighted by Crippen LogP contribution is 2.35. The number of nitrogens with two attached hydrogens (primary N) is 1. The zero-order chi connectivity index (χ0) is 21.1. The van der Waals surface area contributed by atoms with Gasteiger partial charge in [0.2, 0.25) is 5.91 Å². The van der Waals surface area contributed by atoms with Crippen LogP contribution in [0.5, 0.6) is 11.5 Å². The molecule has 7 heteroatoms. The fourth-order valence-electron chi connectivity index (χ4n) is 3.46. The van der Waals surface area contributed by atoms with Gasteiger partial charge in [-0.3, -0.25) is 14.6 Å². The van der Waals surface area contributed by atoms with Crippen LogP contribution in [0, 0.1) is 5.92 Å². The highest BCUT2D eigenvalue weighted by Gasteiger charge is 2.29. The number of fused-ring (bicyclic) bond motifs is 1. The van der Waals surface area contributed by atoms with Gasteiger partial charge in [0.25, 0.3) is 0 Å². The van der Waals surface area contributed by atoms with Crippen LogP contribution in [0.15, 0.2) is 67.0 Å². The van der Waals surface area contributed by atoms with E-state index >= 15 is 0 Å². The molecule has 30 heavy (non-hydrogen) atoms. The van der Waals surface area contributed by atoms with E-state index in [1.165, 1.54) is 0 Å². The zero-order valence-electron chi connectivity index (χ0n) is 16.0. The van der Waals surface area contributed by atoms with Crippen molar-refractivity contribution in [1.29, 1.82) is 0 Å². The van der Waals surface area contributed by atoms with Gasteiger partial charge in [-0.1, -0.05) is 18.2 Å². The lowest BCUT2D eigenvalue weighted by Crippen LogP contribution is -2.30. The summed E-state index contributed by atoms with van der Waals surface area (Å²) in [6, 6.07) is 15.5. The number of pyridine rings is 1. The summed E-state index contributed by atoms with van der Waals surface area (Å²) in [5, 5.41) is 9.32. The molecule has 3 N–H and O–H groups in total. The van der Waals surface area contributed by atoms with Crippen molar-refractivity contribution < 1.29 is 24.2 Å². The summed E-state index contributed by atoms with van der Waals surface area (Å²) >= 11 is 0. The molecule has 2 heterocycles. The first kappa shape index (κ1) is 19.6. The van der Waals surface area contributed by atoms with Gasteiger partial charge in [-0.05, 0) is 35.9 Å². The minimum absolute atomic E-state index is 0.115. The van der Waals surface area contributed by atoms with E-state index in [-0.39, 0.29) is 19.0 Å². The van der Waals surface area contributed by atoms with Gasteiger partial charge in [-0.15, -0.1) is 0 Å². The predicted molar refractivity (Wildman–Crippen MR) is 109 cm³/mol. The fraction of sp³-hybridized carbons (Fsp3) is 0.174. The van der Waals surface area contributed by atoms with E-state index in [0.717, 1.165) is 5.56 Å². The number of rotatable bonds is 6. The number of nitrogens with zero attached hydrogens (tertiary/aromatic N) is 1. The van der Waals surface area contributed by atoms with E-state index in [0.29, 0.717) is 28.2 Å². The van der Waals surface area contributed by atoms with Gasteiger partial charge in [0, 0.05) is 29.6 Å². The van der Waals surface area contributed by atoms with Gasteiger partial charge in [0.15, 0.2) is 5.78 Å². The van der Waals surface area contributed by atoms with Crippen molar-refractivity contribution in [2.75, 3.05) is 13.2 Å². The number of amides is 1. The largest absolute Gasteiger partial charge is 0.492 e. The Morgan fingerprint density at radius 2 is 1.97 bits per heavy atom. The molecule has 2 aromatic carbocycles. The molecule has 1 unspecified atom stereocenters. The van der Waals surface area contributed by atoms with Crippen LogP contribution in [0.4, 0.5) is 0 Å². The molecule has 0 fully saturated rings. The Morgan fingerprint density at radius 1 is 1.20 bits per heavy atom. The van der Waals surface area contributed by atoms with Crippen molar-refractivity contribution >= 4 is 11.7 Å². The van der Waals surface area contributed by atoms with Crippen LogP contribution in [-0.4, -0.2) is 35.0 Å². The second kappa shape index (κ2) is 8.34. The number of carbonyl (C=O) groups is 2. The van der Waals surface area contributed by atoms with Crippen molar-refractivity contribution in [3.63, 3.8) is 0 Å². The second-order valence-electron chi connectivity index (χ2n) is 6.94. The maximum absolute atomic E-state index is 12.4. The Morgan fingerprint density at radius 3 is 2.70 bits per heavy atom. The number of benzene rings is 2. The van der Waals surface area contributed by atoms with Gasteiger partial charge in [0.1, 0.15) is 24.2 Å². The first-order chi connectivity index (χ1) is 14.6. The van der Waals surface area contributed by atoms with E-state index in [4.69, 9.17) is 15.2 Å². The molecule has 1 aromatic heterocycles. The van der Waals surface area contributed by atoms with Gasteiger partial charge in [-0.2, -0.15) is 0 Å². The lowest BCUT2D eigenvalue weighted by atomic mass is 9.95. The van der Waals surface area contributed by atoms with Gasteiger partial charge in [-0.25, -0.2) is 0 Å². The molecular formula is C23H20N2O5. The normalized spacial score (nSPS) is 16.3. The van der Waals surface area contributed by atoms with Crippen molar-refractivity contribution in [3.8, 4) is 11.5 Å². The number of primary amides is 1. The number of ketones is 1. The average molecular weight is 404 g/mol. The van der Waals surface area contributed by atoms with E-state index < -0.39 is 17.9 Å². The highest BCUT2D eigenvalue weighted by molar-refractivity contribution is 6.01. The molecule has 1 aliphatic rings. The van der Waals surface area contributed by atoms with E-state index in [9.17, 15) is 14.7 Å². The summed E-state index contributed by atoms with van der Waals surface area (Å²) < 4.78 is 11.9. The molecular weight excluding hydrogens is 384 g/mol. The summed E-state index contributed by atoms with van der Waals surface area (Å²) in [5.74, 6) is -0.405. The summed E-state index contributed by atoms with van der Waals surface area (Å²) in [4.78, 5) is 28.4. The topological polar surface area (TPSA) is 112 Å². The van der Waals surface area contributed by atoms with Crippen LogP contribution in [-0.2, 0) is 0 Å². The Balaban J connectivity index is 1.72. The molecule has 152 valence electrons. The number of hydrogen-bond donors (Lipinski definition) is 2. The number of carbonyl (C=O) groups excluding carboxylic acids is 2. The molecule has 0 saturated heterocycles. The third-order valence-electron chi connectivity index (χ3n) is 5.02. The van der Waals surface area contributed by atoms with E-state index in [1.807, 2.05) is 6.07 Å². The van der Waals surface area contributed by atoms with Crippen LogP contribution in [0.2, 0.25) is 0 Å². The van der Waals surface area contributed by atoms with Gasteiger partial charge >= 0.3 is 0 Å². The smallest absolute Gasteiger partial charge is 0.249 e. The fourth-order valence-corrected chi connectivity index (χ4v) is 3.46. The number of aliphatic hydroxyl groups is 1. The quantitative estimate of drug-likeness (QED) is 0.653. The first-order valence-corrected chi connectivity index (χ1v) is 9.45. The molecule has 4 rings (SSSR count). The third-order valence-corrected chi connectivity index (χ3v) is 5.02. The molecule has 2 atom stereocenters. The maximum atomic E-state index is 12.4. The van der Waals surface area contributed by atoms with Crippen LogP contribution < -0.4 is 15.2 Å². The SMILES string of the molecule is NC(=O)c1ccccc1[C@H](Oc1ccc2c(c1)OCC(CO)C2=O)c1ccncc1. The summed E-state index contributed by atoms with van der Waals surface area (Å²) in [6.07, 6.45) is 2.66. The van der Waals surface area contributed by atoms with Crippen LogP contribution in [0.3, 0.4) is 0 Å². The number of aliphatic hydroxyl groups excluding tert-OH is 1. The zero-order valence-corrected chi connectivity index (χ0v) is 16.0. The summed E-state index contributed by atoms with van der Waals surface area (Å²) in [6.45, 7) is -0.144. The van der Waals surface area contributed by atoms with E-state index in [1.54, 1.807) is 60.9 Å². The Hall–Kier alpha value is -3.71. The van der Waals surface area contributed by atoms with E-state index in [2.05, 4.69) is 4.98 Å². The molecule has 0 bridgehead atoms. The summed E-state index contributed by atoms with van der Waals surface area (Å²) in [5.41, 5.74) is 7.74. The monoisotopic (exact) mass is 404 g/mol. The van der Waals surface area contributed by atoms with Crippen molar-refractivity contribution in [2.24, 2.45) is 11.7 Å². The minimum atomic E-state index is -0.626. The van der Waals surface area contributed by atoms with Crippen molar-refractivity contribution in [2.45, 2.75) is 6.10 Å². The van der Waals surface area contributed by atoms with Crippen LogP contribution >= 0.6 is 0 Å². The minimum Gasteiger partial charge on any atom is -0.492 e. The standard InChI is InChI=1S/C23H20N2O5/c24-23(28)18-4-2-1-3-17(18)22(14-7-9-25-10-8-14)30-16-5-6-19-20(11-16)29-13-15(12-26)21(19)27/h1-11,15,22,26H,12-13H2,(H2,24,28)/t15?,22-/m1/s1. The number of hydrogen-bond acceptors (Lipinski definition) is 6. The molecule has 0 saturated carbocycles. The van der Waals surface area contributed by atoms with Crippen LogP contribution in [0.25, 0.3) is 0 Å². The van der Waals surface area contributed by atoms with Crippen LogP contribution in [0.1, 0.15) is 37.9 Å².